The van der Waals surface area contributed by atoms with Crippen molar-refractivity contribution < 1.29 is 0 Å². The van der Waals surface area contributed by atoms with E-state index >= 15 is 0 Å². The summed E-state index contributed by atoms with van der Waals surface area (Å²) >= 11 is 3.55. The number of nitrogens with one attached hydrogen (secondary N) is 2. The number of guanidine groups is 1. The minimum Gasteiger partial charge on any atom is -0.354 e. The molecule has 0 spiro atoms. The first kappa shape index (κ1) is 23.6. The molecule has 2 aromatic rings. The fraction of sp³-hybridized carbons (Fsp3) is 0.600. The van der Waals surface area contributed by atoms with Gasteiger partial charge in [0.15, 0.2) is 5.96 Å². The minimum absolute atomic E-state index is 0. The van der Waals surface area contributed by atoms with E-state index in [1.165, 1.54) is 30.8 Å². The number of nitrogens with zero attached hydrogens (tertiary/aromatic N) is 3. The summed E-state index contributed by atoms with van der Waals surface area (Å²) in [5, 5.41) is 12.4. The number of thiophene rings is 1. The summed E-state index contributed by atoms with van der Waals surface area (Å²) in [6.07, 6.45) is 2.60. The summed E-state index contributed by atoms with van der Waals surface area (Å²) in [7, 11) is 1.83. The Morgan fingerprint density at radius 2 is 2.00 bits per heavy atom. The van der Waals surface area contributed by atoms with Crippen LogP contribution in [0.3, 0.4) is 0 Å². The Morgan fingerprint density at radius 3 is 2.57 bits per heavy atom. The lowest BCUT2D eigenvalue weighted by atomic mass is 9.93. The van der Waals surface area contributed by atoms with Crippen molar-refractivity contribution in [3.8, 4) is 0 Å². The number of likely N-dealkylation sites (tertiary alicyclic amines) is 1. The molecule has 5 nitrogen and oxygen atoms in total. The summed E-state index contributed by atoms with van der Waals surface area (Å²) in [6.45, 7) is 10.5. The number of thiazole rings is 1. The zero-order valence-electron chi connectivity index (χ0n) is 17.2. The van der Waals surface area contributed by atoms with E-state index in [1.807, 2.05) is 18.4 Å². The average molecular weight is 534 g/mol. The maximum atomic E-state index is 4.75. The first-order valence-corrected chi connectivity index (χ1v) is 11.4. The lowest BCUT2D eigenvalue weighted by Gasteiger charge is -2.27. The standard InChI is InChI=1S/C20H31N5S2.HI/c1-20(2,3)17-14-27-18(24-17)13-23-19(21-4)22-12-15(16-8-7-11-26-16)25-9-5-6-10-25;/h7-8,11,14-15H,5-6,9-10,12-13H2,1-4H3,(H2,21,22,23);1H. The molecule has 156 valence electrons. The van der Waals surface area contributed by atoms with Crippen LogP contribution < -0.4 is 10.6 Å². The van der Waals surface area contributed by atoms with E-state index in [1.54, 1.807) is 11.3 Å². The summed E-state index contributed by atoms with van der Waals surface area (Å²) in [4.78, 5) is 13.2. The van der Waals surface area contributed by atoms with Crippen LogP contribution in [0, 0.1) is 0 Å². The van der Waals surface area contributed by atoms with E-state index in [0.717, 1.165) is 23.2 Å². The highest BCUT2D eigenvalue weighted by molar-refractivity contribution is 14.0. The topological polar surface area (TPSA) is 52.6 Å². The van der Waals surface area contributed by atoms with Gasteiger partial charge in [0.2, 0.25) is 0 Å². The van der Waals surface area contributed by atoms with Crippen LogP contribution in [-0.2, 0) is 12.0 Å². The van der Waals surface area contributed by atoms with Gasteiger partial charge in [-0.1, -0.05) is 26.8 Å². The maximum Gasteiger partial charge on any atom is 0.191 e. The number of hydrogen-bond acceptors (Lipinski definition) is 5. The highest BCUT2D eigenvalue weighted by Crippen LogP contribution is 2.28. The Labute approximate surface area is 194 Å². The van der Waals surface area contributed by atoms with Crippen LogP contribution in [0.2, 0.25) is 0 Å². The van der Waals surface area contributed by atoms with Crippen molar-refractivity contribution in [3.05, 3.63) is 38.5 Å². The van der Waals surface area contributed by atoms with Crippen LogP contribution >= 0.6 is 46.7 Å². The van der Waals surface area contributed by atoms with E-state index in [-0.39, 0.29) is 29.4 Å². The quantitative estimate of drug-likeness (QED) is 0.323. The van der Waals surface area contributed by atoms with Crippen LogP contribution in [-0.4, -0.2) is 42.5 Å². The van der Waals surface area contributed by atoms with E-state index in [2.05, 4.69) is 64.2 Å². The molecule has 0 bridgehead atoms. The summed E-state index contributed by atoms with van der Waals surface area (Å²) in [5.41, 5.74) is 1.25. The molecular weight excluding hydrogens is 501 g/mol. The number of aromatic nitrogens is 1. The molecule has 0 saturated carbocycles. The molecule has 2 aromatic heterocycles. The van der Waals surface area contributed by atoms with Crippen LogP contribution in [0.15, 0.2) is 27.9 Å². The third kappa shape index (κ3) is 6.40. The SMILES string of the molecule is CN=C(NCc1nc(C(C)(C)C)cs1)NCC(c1cccs1)N1CCCC1.I. The Bertz CT molecular complexity index is 730. The van der Waals surface area contributed by atoms with Gasteiger partial charge < -0.3 is 10.6 Å². The third-order valence-electron chi connectivity index (χ3n) is 4.87. The molecule has 3 heterocycles. The second-order valence-electron chi connectivity index (χ2n) is 7.96. The summed E-state index contributed by atoms with van der Waals surface area (Å²) in [6, 6.07) is 4.80. The Hall–Kier alpha value is -0.710. The van der Waals surface area contributed by atoms with Gasteiger partial charge in [0.1, 0.15) is 5.01 Å². The van der Waals surface area contributed by atoms with Gasteiger partial charge in [-0.3, -0.25) is 9.89 Å². The molecule has 28 heavy (non-hydrogen) atoms. The van der Waals surface area contributed by atoms with Crippen molar-refractivity contribution in [2.24, 2.45) is 4.99 Å². The van der Waals surface area contributed by atoms with Crippen molar-refractivity contribution in [2.75, 3.05) is 26.7 Å². The molecule has 1 aliphatic heterocycles. The highest BCUT2D eigenvalue weighted by atomic mass is 127. The Balaban J connectivity index is 0.00000280. The van der Waals surface area contributed by atoms with E-state index in [0.29, 0.717) is 12.6 Å². The molecule has 8 heteroatoms. The number of rotatable bonds is 6. The van der Waals surface area contributed by atoms with Crippen LogP contribution in [0.5, 0.6) is 0 Å². The van der Waals surface area contributed by atoms with Crippen molar-refractivity contribution in [2.45, 2.75) is 51.6 Å². The first-order chi connectivity index (χ1) is 13.0. The molecule has 0 aromatic carbocycles. The predicted molar refractivity (Wildman–Crippen MR) is 132 cm³/mol. The van der Waals surface area contributed by atoms with Crippen LogP contribution in [0.4, 0.5) is 0 Å². The number of hydrogen-bond donors (Lipinski definition) is 2. The van der Waals surface area contributed by atoms with Gasteiger partial charge in [0.05, 0.1) is 18.3 Å². The third-order valence-corrected chi connectivity index (χ3v) is 6.69. The molecule has 0 radical (unpaired) electrons. The summed E-state index contributed by atoms with van der Waals surface area (Å²) < 4.78 is 0. The minimum atomic E-state index is 0. The largest absolute Gasteiger partial charge is 0.354 e. The fourth-order valence-electron chi connectivity index (χ4n) is 3.25. The zero-order chi connectivity index (χ0) is 19.3. The van der Waals surface area contributed by atoms with E-state index < -0.39 is 0 Å². The van der Waals surface area contributed by atoms with Crippen molar-refractivity contribution in [3.63, 3.8) is 0 Å². The molecule has 2 N–H and O–H groups in total. The van der Waals surface area contributed by atoms with Crippen molar-refractivity contribution in [1.29, 1.82) is 0 Å². The maximum absolute atomic E-state index is 4.75. The van der Waals surface area contributed by atoms with Gasteiger partial charge in [-0.15, -0.1) is 46.7 Å². The average Bonchev–Trinajstić information content (AvgIpc) is 3.40. The molecular formula is C20H32IN5S2. The zero-order valence-corrected chi connectivity index (χ0v) is 21.2. The summed E-state index contributed by atoms with van der Waals surface area (Å²) in [5.74, 6) is 0.836. The molecule has 1 fully saturated rings. The van der Waals surface area contributed by atoms with Gasteiger partial charge in [-0.25, -0.2) is 4.98 Å². The molecule has 0 aliphatic carbocycles. The van der Waals surface area contributed by atoms with Gasteiger partial charge in [-0.2, -0.15) is 0 Å². The van der Waals surface area contributed by atoms with Crippen molar-refractivity contribution in [1.82, 2.24) is 20.5 Å². The highest BCUT2D eigenvalue weighted by Gasteiger charge is 2.24. The second-order valence-corrected chi connectivity index (χ2v) is 9.88. The Morgan fingerprint density at radius 1 is 1.25 bits per heavy atom. The van der Waals surface area contributed by atoms with Crippen LogP contribution in [0.25, 0.3) is 0 Å². The van der Waals surface area contributed by atoms with Gasteiger partial charge in [0.25, 0.3) is 0 Å². The lowest BCUT2D eigenvalue weighted by molar-refractivity contribution is 0.249. The van der Waals surface area contributed by atoms with E-state index in [4.69, 9.17) is 4.98 Å². The molecule has 1 atom stereocenters. The van der Waals surface area contributed by atoms with E-state index in [9.17, 15) is 0 Å². The van der Waals surface area contributed by atoms with Crippen LogP contribution in [0.1, 0.15) is 55.2 Å². The lowest BCUT2D eigenvalue weighted by Crippen LogP contribution is -2.42. The fourth-order valence-corrected chi connectivity index (χ4v) is 5.08. The predicted octanol–water partition coefficient (Wildman–Crippen LogP) is 4.62. The smallest absolute Gasteiger partial charge is 0.191 e. The number of aliphatic imine (C=N–C) groups is 1. The number of halogens is 1. The molecule has 1 aliphatic rings. The molecule has 3 rings (SSSR count). The Kier molecular flexibility index (Phi) is 9.17. The molecule has 1 unspecified atom stereocenters. The normalized spacial score (nSPS) is 16.6. The van der Waals surface area contributed by atoms with Gasteiger partial charge in [0, 0.05) is 29.3 Å². The molecule has 0 amide bonds. The first-order valence-electron chi connectivity index (χ1n) is 9.64. The van der Waals surface area contributed by atoms with Gasteiger partial charge >= 0.3 is 0 Å². The monoisotopic (exact) mass is 533 g/mol. The van der Waals surface area contributed by atoms with Crippen molar-refractivity contribution >= 4 is 52.6 Å². The second kappa shape index (κ2) is 10.9. The van der Waals surface area contributed by atoms with Gasteiger partial charge in [-0.05, 0) is 37.4 Å². The molecule has 1 saturated heterocycles.